The van der Waals surface area contributed by atoms with Crippen molar-refractivity contribution in [3.8, 4) is 11.5 Å². The van der Waals surface area contributed by atoms with Crippen molar-refractivity contribution in [2.75, 3.05) is 26.4 Å². The number of alkyl halides is 1. The summed E-state index contributed by atoms with van der Waals surface area (Å²) in [5, 5.41) is 0.781. The summed E-state index contributed by atoms with van der Waals surface area (Å²) in [5.41, 5.74) is 1.14. The molecule has 0 amide bonds. The summed E-state index contributed by atoms with van der Waals surface area (Å²) >= 11 is 6.99. The lowest BCUT2D eigenvalue weighted by molar-refractivity contribution is 0.0806. The third kappa shape index (κ3) is 6.02. The van der Waals surface area contributed by atoms with Gasteiger partial charge in [0.15, 0.2) is 11.5 Å². The number of rotatable bonds is 9. The molecule has 0 bridgehead atoms. The maximum atomic E-state index is 5.79. The first-order chi connectivity index (χ1) is 9.58. The molecule has 1 rings (SSSR count). The van der Waals surface area contributed by atoms with Gasteiger partial charge in [-0.2, -0.15) is 0 Å². The SMILES string of the molecule is CCOc1cc(CBr)cc(Br)c1OCCOCC(C)C. The Morgan fingerprint density at radius 1 is 1.15 bits per heavy atom. The minimum absolute atomic E-state index is 0.513. The molecule has 0 spiro atoms. The Morgan fingerprint density at radius 3 is 2.50 bits per heavy atom. The fourth-order valence-corrected chi connectivity index (χ4v) is 2.55. The molecule has 0 aliphatic rings. The van der Waals surface area contributed by atoms with E-state index in [0.717, 1.165) is 33.5 Å². The predicted octanol–water partition coefficient (Wildman–Crippen LogP) is 4.79. The summed E-state index contributed by atoms with van der Waals surface area (Å²) in [6.07, 6.45) is 0. The highest BCUT2D eigenvalue weighted by Crippen LogP contribution is 2.37. The average Bonchev–Trinajstić information content (AvgIpc) is 2.40. The second-order valence-electron chi connectivity index (χ2n) is 4.79. The van der Waals surface area contributed by atoms with Crippen LogP contribution in [-0.2, 0) is 10.1 Å². The second kappa shape index (κ2) is 9.64. The van der Waals surface area contributed by atoms with E-state index in [1.165, 1.54) is 0 Å². The molecule has 114 valence electrons. The molecule has 0 aromatic heterocycles. The molecule has 0 unspecified atom stereocenters. The van der Waals surface area contributed by atoms with Crippen molar-refractivity contribution in [2.24, 2.45) is 5.92 Å². The van der Waals surface area contributed by atoms with Crippen LogP contribution in [0.5, 0.6) is 11.5 Å². The molecule has 20 heavy (non-hydrogen) atoms. The van der Waals surface area contributed by atoms with E-state index < -0.39 is 0 Å². The number of hydrogen-bond acceptors (Lipinski definition) is 3. The van der Waals surface area contributed by atoms with Crippen molar-refractivity contribution in [3.63, 3.8) is 0 Å². The van der Waals surface area contributed by atoms with E-state index in [4.69, 9.17) is 14.2 Å². The first kappa shape index (κ1) is 17.8. The van der Waals surface area contributed by atoms with E-state index in [9.17, 15) is 0 Å². The van der Waals surface area contributed by atoms with Crippen molar-refractivity contribution >= 4 is 31.9 Å². The Morgan fingerprint density at radius 2 is 1.90 bits per heavy atom. The maximum Gasteiger partial charge on any atom is 0.175 e. The highest BCUT2D eigenvalue weighted by molar-refractivity contribution is 9.10. The molecule has 0 N–H and O–H groups in total. The van der Waals surface area contributed by atoms with E-state index in [1.54, 1.807) is 0 Å². The summed E-state index contributed by atoms with van der Waals surface area (Å²) in [6, 6.07) is 4.02. The van der Waals surface area contributed by atoms with Crippen LogP contribution in [0.4, 0.5) is 0 Å². The summed E-state index contributed by atoms with van der Waals surface area (Å²) < 4.78 is 17.8. The number of ether oxygens (including phenoxy) is 3. The van der Waals surface area contributed by atoms with Crippen LogP contribution in [0.2, 0.25) is 0 Å². The molecule has 0 atom stereocenters. The minimum atomic E-state index is 0.513. The highest BCUT2D eigenvalue weighted by Gasteiger charge is 2.12. The zero-order valence-corrected chi connectivity index (χ0v) is 15.4. The summed E-state index contributed by atoms with van der Waals surface area (Å²) in [5.74, 6) is 2.05. The first-order valence-corrected chi connectivity index (χ1v) is 8.71. The van der Waals surface area contributed by atoms with Crippen LogP contribution in [0, 0.1) is 5.92 Å². The van der Waals surface area contributed by atoms with Gasteiger partial charge in [0, 0.05) is 11.9 Å². The Labute approximate surface area is 138 Å². The van der Waals surface area contributed by atoms with Crippen molar-refractivity contribution in [3.05, 3.63) is 22.2 Å². The standard InChI is InChI=1S/C15H22Br2O3/c1-4-19-14-8-12(9-16)7-13(17)15(14)20-6-5-18-10-11(2)3/h7-8,11H,4-6,9-10H2,1-3H3. The summed E-state index contributed by atoms with van der Waals surface area (Å²) in [7, 11) is 0. The molecule has 0 aliphatic heterocycles. The van der Waals surface area contributed by atoms with Gasteiger partial charge < -0.3 is 14.2 Å². The van der Waals surface area contributed by atoms with Crippen LogP contribution in [-0.4, -0.2) is 26.4 Å². The largest absolute Gasteiger partial charge is 0.490 e. The topological polar surface area (TPSA) is 27.7 Å². The van der Waals surface area contributed by atoms with Crippen molar-refractivity contribution in [1.82, 2.24) is 0 Å². The Kier molecular flexibility index (Phi) is 8.57. The molecule has 0 saturated carbocycles. The van der Waals surface area contributed by atoms with Crippen LogP contribution in [0.25, 0.3) is 0 Å². The summed E-state index contributed by atoms with van der Waals surface area (Å²) in [6.45, 7) is 8.68. The van der Waals surface area contributed by atoms with Gasteiger partial charge in [0.2, 0.25) is 0 Å². The smallest absolute Gasteiger partial charge is 0.175 e. The zero-order chi connectivity index (χ0) is 15.0. The van der Waals surface area contributed by atoms with E-state index >= 15 is 0 Å². The van der Waals surface area contributed by atoms with Gasteiger partial charge in [0.05, 0.1) is 17.7 Å². The molecule has 3 nitrogen and oxygen atoms in total. The minimum Gasteiger partial charge on any atom is -0.490 e. The van der Waals surface area contributed by atoms with Gasteiger partial charge in [-0.15, -0.1) is 0 Å². The maximum absolute atomic E-state index is 5.79. The monoisotopic (exact) mass is 408 g/mol. The molecule has 0 heterocycles. The Bertz CT molecular complexity index is 408. The van der Waals surface area contributed by atoms with Crippen LogP contribution in [0.3, 0.4) is 0 Å². The van der Waals surface area contributed by atoms with Gasteiger partial charge in [-0.1, -0.05) is 29.8 Å². The second-order valence-corrected chi connectivity index (χ2v) is 6.20. The van der Waals surface area contributed by atoms with Crippen molar-refractivity contribution < 1.29 is 14.2 Å². The average molecular weight is 410 g/mol. The van der Waals surface area contributed by atoms with Crippen molar-refractivity contribution in [2.45, 2.75) is 26.1 Å². The first-order valence-electron chi connectivity index (χ1n) is 6.80. The van der Waals surface area contributed by atoms with Gasteiger partial charge >= 0.3 is 0 Å². The molecule has 0 radical (unpaired) electrons. The summed E-state index contributed by atoms with van der Waals surface area (Å²) in [4.78, 5) is 0. The molecule has 1 aromatic carbocycles. The van der Waals surface area contributed by atoms with Crippen LogP contribution >= 0.6 is 31.9 Å². The molecular weight excluding hydrogens is 388 g/mol. The van der Waals surface area contributed by atoms with Gasteiger partial charge in [0.25, 0.3) is 0 Å². The molecule has 1 aromatic rings. The fraction of sp³-hybridized carbons (Fsp3) is 0.600. The zero-order valence-electron chi connectivity index (χ0n) is 12.2. The van der Waals surface area contributed by atoms with E-state index in [0.29, 0.717) is 25.7 Å². The number of hydrogen-bond donors (Lipinski definition) is 0. The van der Waals surface area contributed by atoms with Crippen LogP contribution in [0.1, 0.15) is 26.3 Å². The third-order valence-electron chi connectivity index (χ3n) is 2.45. The van der Waals surface area contributed by atoms with Gasteiger partial charge in [0.1, 0.15) is 6.61 Å². The fourth-order valence-electron chi connectivity index (χ4n) is 1.62. The molecule has 0 aliphatic carbocycles. The predicted molar refractivity (Wildman–Crippen MR) is 89.1 cm³/mol. The molecule has 0 fully saturated rings. The van der Waals surface area contributed by atoms with Gasteiger partial charge in [-0.05, 0) is 46.5 Å². The molecule has 0 saturated heterocycles. The Hall–Kier alpha value is -0.260. The number of halogens is 2. The lowest BCUT2D eigenvalue weighted by Gasteiger charge is -2.15. The van der Waals surface area contributed by atoms with Crippen molar-refractivity contribution in [1.29, 1.82) is 0 Å². The van der Waals surface area contributed by atoms with Crippen LogP contribution in [0.15, 0.2) is 16.6 Å². The van der Waals surface area contributed by atoms with E-state index in [2.05, 4.69) is 45.7 Å². The highest BCUT2D eigenvalue weighted by atomic mass is 79.9. The molecule has 5 heteroatoms. The van der Waals surface area contributed by atoms with E-state index in [-0.39, 0.29) is 0 Å². The third-order valence-corrected chi connectivity index (χ3v) is 3.69. The van der Waals surface area contributed by atoms with Crippen LogP contribution < -0.4 is 9.47 Å². The lowest BCUT2D eigenvalue weighted by Crippen LogP contribution is -2.11. The molecular formula is C15H22Br2O3. The lowest BCUT2D eigenvalue weighted by atomic mass is 10.2. The normalized spacial score (nSPS) is 10.9. The van der Waals surface area contributed by atoms with E-state index in [1.807, 2.05) is 19.1 Å². The van der Waals surface area contributed by atoms with Gasteiger partial charge in [-0.25, -0.2) is 0 Å². The number of benzene rings is 1. The Balaban J connectivity index is 2.63. The van der Waals surface area contributed by atoms with Gasteiger partial charge in [-0.3, -0.25) is 0 Å². The quantitative estimate of drug-likeness (QED) is 0.433.